The van der Waals surface area contributed by atoms with Crippen LogP contribution in [0.3, 0.4) is 0 Å². The topological polar surface area (TPSA) is 35.5 Å². The second-order valence-electron chi connectivity index (χ2n) is 2.83. The number of hydrogen-bond acceptors (Lipinski definition) is 3. The van der Waals surface area contributed by atoms with Crippen molar-refractivity contribution < 1.29 is 5.11 Å². The van der Waals surface area contributed by atoms with E-state index in [-0.39, 0.29) is 12.1 Å². The average Bonchev–Trinajstić information content (AvgIpc) is 1.87. The summed E-state index contributed by atoms with van der Waals surface area (Å²) in [6.45, 7) is 2.65. The van der Waals surface area contributed by atoms with E-state index in [4.69, 9.17) is 0 Å². The molecule has 0 aliphatic rings. The summed E-state index contributed by atoms with van der Waals surface area (Å²) in [5.41, 5.74) is 0. The van der Waals surface area contributed by atoms with E-state index in [2.05, 4.69) is 5.32 Å². The molecule has 0 saturated carbocycles. The third-order valence-corrected chi connectivity index (χ3v) is 1.78. The Balaban J connectivity index is 3.58. The van der Waals surface area contributed by atoms with Crippen LogP contribution in [0.2, 0.25) is 0 Å². The predicted molar refractivity (Wildman–Crippen MR) is 43.1 cm³/mol. The molecule has 3 nitrogen and oxygen atoms in total. The van der Waals surface area contributed by atoms with Gasteiger partial charge in [-0.15, -0.1) is 0 Å². The molecule has 0 aliphatic heterocycles. The summed E-state index contributed by atoms with van der Waals surface area (Å²) in [5.74, 6) is 0. The van der Waals surface area contributed by atoms with Crippen LogP contribution in [0.1, 0.15) is 6.92 Å². The van der Waals surface area contributed by atoms with Gasteiger partial charge in [-0.25, -0.2) is 0 Å². The highest BCUT2D eigenvalue weighted by atomic mass is 16.3. The molecular formula is C7H18N2O. The highest BCUT2D eigenvalue weighted by molar-refractivity contribution is 4.71. The van der Waals surface area contributed by atoms with Gasteiger partial charge in [-0.3, -0.25) is 0 Å². The summed E-state index contributed by atoms with van der Waals surface area (Å²) in [6, 6.07) is 0.215. The number of aliphatic hydroxyl groups is 1. The Labute approximate surface area is 63.0 Å². The molecule has 0 radical (unpaired) electrons. The van der Waals surface area contributed by atoms with Crippen LogP contribution in [-0.2, 0) is 0 Å². The highest BCUT2D eigenvalue weighted by Crippen LogP contribution is 1.97. The van der Waals surface area contributed by atoms with Gasteiger partial charge in [0.15, 0.2) is 0 Å². The van der Waals surface area contributed by atoms with E-state index in [0.717, 1.165) is 0 Å². The van der Waals surface area contributed by atoms with E-state index in [1.807, 2.05) is 33.0 Å². The van der Waals surface area contributed by atoms with Crippen molar-refractivity contribution in [3.8, 4) is 0 Å². The Hall–Kier alpha value is -0.120. The number of hydrogen-bond donors (Lipinski definition) is 2. The lowest BCUT2D eigenvalue weighted by molar-refractivity contribution is 0.0868. The molecule has 0 fully saturated rings. The minimum atomic E-state index is -0.278. The summed E-state index contributed by atoms with van der Waals surface area (Å²) in [6.07, 6.45) is -0.278. The number of rotatable bonds is 4. The molecule has 0 heterocycles. The van der Waals surface area contributed by atoms with Crippen LogP contribution >= 0.6 is 0 Å². The van der Waals surface area contributed by atoms with Crippen molar-refractivity contribution in [2.24, 2.45) is 0 Å². The van der Waals surface area contributed by atoms with Crippen LogP contribution in [0.25, 0.3) is 0 Å². The lowest BCUT2D eigenvalue weighted by Crippen LogP contribution is -2.41. The Morgan fingerprint density at radius 3 is 2.30 bits per heavy atom. The fourth-order valence-electron chi connectivity index (χ4n) is 0.724. The summed E-state index contributed by atoms with van der Waals surface area (Å²) in [5, 5.41) is 12.3. The summed E-state index contributed by atoms with van der Waals surface area (Å²) < 4.78 is 0. The van der Waals surface area contributed by atoms with Gasteiger partial charge in [0.1, 0.15) is 0 Å². The normalized spacial score (nSPS) is 17.4. The van der Waals surface area contributed by atoms with Gasteiger partial charge in [0.25, 0.3) is 0 Å². The summed E-state index contributed by atoms with van der Waals surface area (Å²) in [7, 11) is 5.76. The van der Waals surface area contributed by atoms with Crippen molar-refractivity contribution in [1.29, 1.82) is 0 Å². The molecule has 0 aliphatic carbocycles. The number of nitrogens with zero attached hydrogens (tertiary/aromatic N) is 1. The molecule has 0 bridgehead atoms. The average molecular weight is 146 g/mol. The minimum absolute atomic E-state index is 0.215. The standard InChI is InChI=1S/C7H18N2O/c1-6(9(3)4)7(10)5-8-2/h6-8,10H,5H2,1-4H3. The fourth-order valence-corrected chi connectivity index (χ4v) is 0.724. The molecule has 2 unspecified atom stereocenters. The van der Waals surface area contributed by atoms with Crippen molar-refractivity contribution in [2.45, 2.75) is 19.1 Å². The molecule has 0 rings (SSSR count). The maximum Gasteiger partial charge on any atom is 0.0816 e. The van der Waals surface area contributed by atoms with Gasteiger partial charge in [0, 0.05) is 12.6 Å². The van der Waals surface area contributed by atoms with Crippen molar-refractivity contribution in [3.63, 3.8) is 0 Å². The van der Waals surface area contributed by atoms with Crippen molar-refractivity contribution in [3.05, 3.63) is 0 Å². The zero-order valence-corrected chi connectivity index (χ0v) is 7.26. The van der Waals surface area contributed by atoms with Gasteiger partial charge in [-0.2, -0.15) is 0 Å². The molecule has 0 saturated heterocycles. The van der Waals surface area contributed by atoms with Gasteiger partial charge >= 0.3 is 0 Å². The third-order valence-electron chi connectivity index (χ3n) is 1.78. The zero-order chi connectivity index (χ0) is 8.15. The lowest BCUT2D eigenvalue weighted by atomic mass is 10.2. The third kappa shape index (κ3) is 3.15. The van der Waals surface area contributed by atoms with E-state index in [0.29, 0.717) is 6.54 Å². The second-order valence-corrected chi connectivity index (χ2v) is 2.83. The van der Waals surface area contributed by atoms with Crippen LogP contribution < -0.4 is 5.32 Å². The van der Waals surface area contributed by atoms with E-state index >= 15 is 0 Å². The van der Waals surface area contributed by atoms with Crippen LogP contribution in [-0.4, -0.2) is 49.8 Å². The largest absolute Gasteiger partial charge is 0.390 e. The molecule has 0 amide bonds. The monoisotopic (exact) mass is 146 g/mol. The van der Waals surface area contributed by atoms with Crippen molar-refractivity contribution >= 4 is 0 Å². The van der Waals surface area contributed by atoms with Gasteiger partial charge in [0.05, 0.1) is 6.10 Å². The molecule has 0 aromatic carbocycles. The second kappa shape index (κ2) is 4.66. The van der Waals surface area contributed by atoms with E-state index in [1.54, 1.807) is 0 Å². The Kier molecular flexibility index (Phi) is 4.60. The first-order valence-corrected chi connectivity index (χ1v) is 3.58. The molecule has 10 heavy (non-hydrogen) atoms. The predicted octanol–water partition coefficient (Wildman–Crippen LogP) is -0.483. The maximum atomic E-state index is 9.38. The maximum absolute atomic E-state index is 9.38. The van der Waals surface area contributed by atoms with Gasteiger partial charge in [0.2, 0.25) is 0 Å². The zero-order valence-electron chi connectivity index (χ0n) is 7.26. The molecule has 2 N–H and O–H groups in total. The number of aliphatic hydroxyl groups excluding tert-OH is 1. The SMILES string of the molecule is CNCC(O)C(C)N(C)C. The smallest absolute Gasteiger partial charge is 0.0816 e. The molecule has 0 spiro atoms. The highest BCUT2D eigenvalue weighted by Gasteiger charge is 2.14. The van der Waals surface area contributed by atoms with Crippen LogP contribution in [0.4, 0.5) is 0 Å². The molecule has 0 aromatic heterocycles. The Bertz CT molecular complexity index is 85.7. The Morgan fingerprint density at radius 2 is 2.00 bits per heavy atom. The van der Waals surface area contributed by atoms with Crippen molar-refractivity contribution in [2.75, 3.05) is 27.7 Å². The molecular weight excluding hydrogens is 128 g/mol. The first-order chi connectivity index (χ1) is 4.59. The summed E-state index contributed by atoms with van der Waals surface area (Å²) in [4.78, 5) is 2.00. The summed E-state index contributed by atoms with van der Waals surface area (Å²) >= 11 is 0. The molecule has 62 valence electrons. The van der Waals surface area contributed by atoms with Gasteiger partial charge in [-0.05, 0) is 28.1 Å². The minimum Gasteiger partial charge on any atom is -0.390 e. The fraction of sp³-hybridized carbons (Fsp3) is 1.00. The Morgan fingerprint density at radius 1 is 1.50 bits per heavy atom. The van der Waals surface area contributed by atoms with Crippen molar-refractivity contribution in [1.82, 2.24) is 10.2 Å². The molecule has 0 aromatic rings. The van der Waals surface area contributed by atoms with Gasteiger partial charge < -0.3 is 15.3 Å². The molecule has 3 heteroatoms. The van der Waals surface area contributed by atoms with E-state index in [9.17, 15) is 5.11 Å². The van der Waals surface area contributed by atoms with Crippen LogP contribution in [0.15, 0.2) is 0 Å². The van der Waals surface area contributed by atoms with E-state index < -0.39 is 0 Å². The number of nitrogens with one attached hydrogen (secondary N) is 1. The number of likely N-dealkylation sites (N-methyl/N-ethyl adjacent to an activating group) is 2. The quantitative estimate of drug-likeness (QED) is 0.562. The van der Waals surface area contributed by atoms with Crippen LogP contribution in [0.5, 0.6) is 0 Å². The first-order valence-electron chi connectivity index (χ1n) is 3.58. The van der Waals surface area contributed by atoms with Crippen LogP contribution in [0, 0.1) is 0 Å². The first kappa shape index (κ1) is 9.88. The molecule has 2 atom stereocenters. The van der Waals surface area contributed by atoms with Gasteiger partial charge in [-0.1, -0.05) is 0 Å². The van der Waals surface area contributed by atoms with E-state index in [1.165, 1.54) is 0 Å². The lowest BCUT2D eigenvalue weighted by Gasteiger charge is -2.24.